The van der Waals surface area contributed by atoms with E-state index in [4.69, 9.17) is 0 Å². The van der Waals surface area contributed by atoms with Gasteiger partial charge in [-0.3, -0.25) is 9.59 Å². The summed E-state index contributed by atoms with van der Waals surface area (Å²) in [4.78, 5) is 22.2. The SMILES string of the molecule is CCC1(C(=O)OC)CNC(=O)C1. The fourth-order valence-corrected chi connectivity index (χ4v) is 1.46. The van der Waals surface area contributed by atoms with E-state index in [1.54, 1.807) is 0 Å². The molecule has 4 nitrogen and oxygen atoms in total. The van der Waals surface area contributed by atoms with Crippen LogP contribution in [0.25, 0.3) is 0 Å². The van der Waals surface area contributed by atoms with Crippen LogP contribution in [-0.2, 0) is 14.3 Å². The molecule has 12 heavy (non-hydrogen) atoms. The molecule has 1 aliphatic heterocycles. The van der Waals surface area contributed by atoms with Crippen LogP contribution in [0.15, 0.2) is 0 Å². The summed E-state index contributed by atoms with van der Waals surface area (Å²) in [5, 5.41) is 2.64. The lowest BCUT2D eigenvalue weighted by atomic mass is 9.84. The Kier molecular flexibility index (Phi) is 2.35. The number of rotatable bonds is 2. The first-order valence-electron chi connectivity index (χ1n) is 4.00. The Morgan fingerprint density at radius 2 is 2.42 bits per heavy atom. The van der Waals surface area contributed by atoms with Crippen molar-refractivity contribution in [1.29, 1.82) is 0 Å². The Balaban J connectivity index is 2.77. The number of carbonyl (C=O) groups excluding carboxylic acids is 2. The van der Waals surface area contributed by atoms with Gasteiger partial charge in [0.05, 0.1) is 12.5 Å². The molecule has 0 bridgehead atoms. The molecule has 1 saturated heterocycles. The minimum atomic E-state index is -0.605. The summed E-state index contributed by atoms with van der Waals surface area (Å²) in [6.07, 6.45) is 0.897. The van der Waals surface area contributed by atoms with Crippen molar-refractivity contribution in [2.45, 2.75) is 19.8 Å². The zero-order valence-corrected chi connectivity index (χ0v) is 7.35. The number of esters is 1. The highest BCUT2D eigenvalue weighted by Gasteiger charge is 2.44. The maximum Gasteiger partial charge on any atom is 0.314 e. The van der Waals surface area contributed by atoms with Gasteiger partial charge in [-0.25, -0.2) is 0 Å². The van der Waals surface area contributed by atoms with E-state index in [0.29, 0.717) is 13.0 Å². The quantitative estimate of drug-likeness (QED) is 0.598. The first-order chi connectivity index (χ1) is 5.64. The number of nitrogens with one attached hydrogen (secondary N) is 1. The van der Waals surface area contributed by atoms with Crippen molar-refractivity contribution in [3.63, 3.8) is 0 Å². The van der Waals surface area contributed by atoms with Gasteiger partial charge in [0.25, 0.3) is 0 Å². The highest BCUT2D eigenvalue weighted by molar-refractivity contribution is 5.89. The van der Waals surface area contributed by atoms with Crippen LogP contribution in [0.5, 0.6) is 0 Å². The second-order valence-electron chi connectivity index (χ2n) is 3.08. The summed E-state index contributed by atoms with van der Waals surface area (Å²) < 4.78 is 4.65. The molecule has 1 unspecified atom stereocenters. The number of carbonyl (C=O) groups is 2. The van der Waals surface area contributed by atoms with Crippen LogP contribution >= 0.6 is 0 Å². The van der Waals surface area contributed by atoms with Gasteiger partial charge in [-0.1, -0.05) is 6.92 Å². The number of ether oxygens (including phenoxy) is 1. The molecule has 0 aromatic carbocycles. The Morgan fingerprint density at radius 3 is 2.75 bits per heavy atom. The Bertz CT molecular complexity index is 214. The highest BCUT2D eigenvalue weighted by Crippen LogP contribution is 2.31. The van der Waals surface area contributed by atoms with Gasteiger partial charge < -0.3 is 10.1 Å². The van der Waals surface area contributed by atoms with Crippen LogP contribution < -0.4 is 5.32 Å². The van der Waals surface area contributed by atoms with E-state index in [1.165, 1.54) is 7.11 Å². The molecule has 1 amide bonds. The molecule has 1 heterocycles. The lowest BCUT2D eigenvalue weighted by Crippen LogP contribution is -2.33. The van der Waals surface area contributed by atoms with E-state index < -0.39 is 5.41 Å². The Morgan fingerprint density at radius 1 is 1.75 bits per heavy atom. The third kappa shape index (κ3) is 1.29. The molecule has 0 aromatic rings. The first kappa shape index (κ1) is 9.03. The summed E-state index contributed by atoms with van der Waals surface area (Å²) in [5.74, 6) is -0.356. The van der Waals surface area contributed by atoms with Crippen LogP contribution in [0.1, 0.15) is 19.8 Å². The van der Waals surface area contributed by atoms with E-state index in [2.05, 4.69) is 10.1 Å². The van der Waals surface area contributed by atoms with Crippen LogP contribution in [0.2, 0.25) is 0 Å². The maximum absolute atomic E-state index is 11.3. The molecule has 0 radical (unpaired) electrons. The number of methoxy groups -OCH3 is 1. The minimum absolute atomic E-state index is 0.0674. The number of hydrogen-bond donors (Lipinski definition) is 1. The molecule has 0 aromatic heterocycles. The van der Waals surface area contributed by atoms with Crippen molar-refractivity contribution < 1.29 is 14.3 Å². The van der Waals surface area contributed by atoms with Crippen molar-refractivity contribution in [2.24, 2.45) is 5.41 Å². The fraction of sp³-hybridized carbons (Fsp3) is 0.750. The summed E-state index contributed by atoms with van der Waals surface area (Å²) in [7, 11) is 1.35. The number of amides is 1. The van der Waals surface area contributed by atoms with E-state index in [9.17, 15) is 9.59 Å². The first-order valence-corrected chi connectivity index (χ1v) is 4.00. The van der Waals surface area contributed by atoms with Gasteiger partial charge in [-0.15, -0.1) is 0 Å². The van der Waals surface area contributed by atoms with E-state index in [-0.39, 0.29) is 18.3 Å². The molecule has 4 heteroatoms. The Hall–Kier alpha value is -1.06. The monoisotopic (exact) mass is 171 g/mol. The van der Waals surface area contributed by atoms with Gasteiger partial charge in [0.15, 0.2) is 0 Å². The predicted molar refractivity (Wildman–Crippen MR) is 42.4 cm³/mol. The highest BCUT2D eigenvalue weighted by atomic mass is 16.5. The van der Waals surface area contributed by atoms with Crippen molar-refractivity contribution >= 4 is 11.9 Å². The molecular formula is C8H13NO3. The molecule has 0 aliphatic carbocycles. The lowest BCUT2D eigenvalue weighted by Gasteiger charge is -2.21. The molecule has 0 spiro atoms. The van der Waals surface area contributed by atoms with Gasteiger partial charge in [0.2, 0.25) is 5.91 Å². The molecule has 0 saturated carbocycles. The van der Waals surface area contributed by atoms with Crippen LogP contribution in [0.3, 0.4) is 0 Å². The van der Waals surface area contributed by atoms with Crippen molar-refractivity contribution in [3.8, 4) is 0 Å². The van der Waals surface area contributed by atoms with Crippen LogP contribution in [-0.4, -0.2) is 25.5 Å². The summed E-state index contributed by atoms with van der Waals surface area (Å²) >= 11 is 0. The van der Waals surface area contributed by atoms with Crippen molar-refractivity contribution in [3.05, 3.63) is 0 Å². The average molecular weight is 171 g/mol. The van der Waals surface area contributed by atoms with E-state index in [1.807, 2.05) is 6.92 Å². The maximum atomic E-state index is 11.3. The molecule has 1 rings (SSSR count). The second-order valence-corrected chi connectivity index (χ2v) is 3.08. The normalized spacial score (nSPS) is 28.3. The zero-order chi connectivity index (χ0) is 9.19. The number of hydrogen-bond acceptors (Lipinski definition) is 3. The zero-order valence-electron chi connectivity index (χ0n) is 7.35. The molecule has 1 atom stereocenters. The van der Waals surface area contributed by atoms with Gasteiger partial charge in [-0.05, 0) is 6.42 Å². The van der Waals surface area contributed by atoms with Crippen LogP contribution in [0.4, 0.5) is 0 Å². The third-order valence-electron chi connectivity index (χ3n) is 2.42. The largest absolute Gasteiger partial charge is 0.469 e. The van der Waals surface area contributed by atoms with Gasteiger partial charge in [0, 0.05) is 13.0 Å². The summed E-state index contributed by atoms with van der Waals surface area (Å²) in [5.41, 5.74) is -0.605. The molecule has 1 N–H and O–H groups in total. The van der Waals surface area contributed by atoms with Gasteiger partial charge in [-0.2, -0.15) is 0 Å². The molecule has 1 aliphatic rings. The van der Waals surface area contributed by atoms with Crippen LogP contribution in [0, 0.1) is 5.41 Å². The van der Waals surface area contributed by atoms with Gasteiger partial charge >= 0.3 is 5.97 Å². The van der Waals surface area contributed by atoms with E-state index >= 15 is 0 Å². The second kappa shape index (κ2) is 3.13. The topological polar surface area (TPSA) is 55.4 Å². The van der Waals surface area contributed by atoms with Crippen molar-refractivity contribution in [1.82, 2.24) is 5.32 Å². The molecule has 1 fully saturated rings. The van der Waals surface area contributed by atoms with Crippen molar-refractivity contribution in [2.75, 3.05) is 13.7 Å². The molecular weight excluding hydrogens is 158 g/mol. The predicted octanol–water partition coefficient (Wildman–Crippen LogP) is 0.0757. The summed E-state index contributed by atoms with van der Waals surface area (Å²) in [6.45, 7) is 2.30. The third-order valence-corrected chi connectivity index (χ3v) is 2.42. The van der Waals surface area contributed by atoms with E-state index in [0.717, 1.165) is 0 Å². The fourth-order valence-electron chi connectivity index (χ4n) is 1.46. The standard InChI is InChI=1S/C8H13NO3/c1-3-8(7(11)12-2)4-6(10)9-5-8/h3-5H2,1-2H3,(H,9,10). The smallest absolute Gasteiger partial charge is 0.314 e. The summed E-state index contributed by atoms with van der Waals surface area (Å²) in [6, 6.07) is 0. The lowest BCUT2D eigenvalue weighted by molar-refractivity contribution is -0.152. The van der Waals surface area contributed by atoms with Gasteiger partial charge in [0.1, 0.15) is 0 Å². The Labute approximate surface area is 71.3 Å². The minimum Gasteiger partial charge on any atom is -0.469 e. The molecule has 68 valence electrons. The average Bonchev–Trinajstić information content (AvgIpc) is 2.47.